The van der Waals surface area contributed by atoms with E-state index in [1.165, 1.54) is 6.07 Å². The van der Waals surface area contributed by atoms with Gasteiger partial charge in [0, 0.05) is 5.69 Å². The number of benzene rings is 2. The zero-order chi connectivity index (χ0) is 13.3. The summed E-state index contributed by atoms with van der Waals surface area (Å²) in [6.45, 7) is 3.74. The smallest absolute Gasteiger partial charge is 0.146 e. The van der Waals surface area contributed by atoms with Crippen LogP contribution in [0.25, 0.3) is 0 Å². The van der Waals surface area contributed by atoms with Crippen LogP contribution in [-0.4, -0.2) is 0 Å². The molecule has 2 rings (SSSR count). The second kappa shape index (κ2) is 4.86. The van der Waals surface area contributed by atoms with Crippen LogP contribution in [0.1, 0.15) is 11.1 Å². The molecule has 0 amide bonds. The lowest BCUT2D eigenvalue weighted by Crippen LogP contribution is -1.98. The zero-order valence-corrected chi connectivity index (χ0v) is 11.0. The normalized spacial score (nSPS) is 10.4. The molecule has 0 spiro atoms. The van der Waals surface area contributed by atoms with Crippen molar-refractivity contribution in [3.63, 3.8) is 0 Å². The first-order valence-corrected chi connectivity index (χ1v) is 5.94. The van der Waals surface area contributed by atoms with E-state index in [1.54, 1.807) is 18.2 Å². The van der Waals surface area contributed by atoms with E-state index < -0.39 is 0 Å². The monoisotopic (exact) mass is 264 g/mol. The van der Waals surface area contributed by atoms with E-state index in [0.717, 1.165) is 16.8 Å². The van der Waals surface area contributed by atoms with Gasteiger partial charge < -0.3 is 11.1 Å². The van der Waals surface area contributed by atoms with E-state index >= 15 is 0 Å². The van der Waals surface area contributed by atoms with E-state index in [-0.39, 0.29) is 5.82 Å². The van der Waals surface area contributed by atoms with Gasteiger partial charge in [-0.3, -0.25) is 0 Å². The summed E-state index contributed by atoms with van der Waals surface area (Å²) in [4.78, 5) is 0. The molecule has 0 atom stereocenters. The summed E-state index contributed by atoms with van der Waals surface area (Å²) in [5.41, 5.74) is 9.18. The molecule has 2 aromatic rings. The lowest BCUT2D eigenvalue weighted by Gasteiger charge is -2.12. The molecule has 18 heavy (non-hydrogen) atoms. The van der Waals surface area contributed by atoms with Crippen LogP contribution in [-0.2, 0) is 0 Å². The molecule has 0 aliphatic heterocycles. The minimum atomic E-state index is -0.289. The Morgan fingerprint density at radius 3 is 2.50 bits per heavy atom. The number of hydrogen-bond acceptors (Lipinski definition) is 2. The first-order valence-electron chi connectivity index (χ1n) is 5.56. The SMILES string of the molecule is Cc1ccc(Nc2cc(Cl)c(N)cc2C)c(F)c1. The number of anilines is 3. The maximum Gasteiger partial charge on any atom is 0.146 e. The van der Waals surface area contributed by atoms with Crippen molar-refractivity contribution in [2.24, 2.45) is 0 Å². The molecule has 0 radical (unpaired) electrons. The Morgan fingerprint density at radius 1 is 1.11 bits per heavy atom. The summed E-state index contributed by atoms with van der Waals surface area (Å²) in [7, 11) is 0. The maximum atomic E-state index is 13.7. The molecule has 0 aliphatic rings. The predicted molar refractivity (Wildman–Crippen MR) is 75.0 cm³/mol. The molecule has 0 fully saturated rings. The molecule has 0 heterocycles. The molecular weight excluding hydrogens is 251 g/mol. The zero-order valence-electron chi connectivity index (χ0n) is 10.2. The van der Waals surface area contributed by atoms with Crippen LogP contribution < -0.4 is 11.1 Å². The van der Waals surface area contributed by atoms with Crippen molar-refractivity contribution in [3.05, 3.63) is 52.3 Å². The summed E-state index contributed by atoms with van der Waals surface area (Å²) in [5, 5.41) is 3.48. The Hall–Kier alpha value is -1.74. The van der Waals surface area contributed by atoms with E-state index in [4.69, 9.17) is 17.3 Å². The first kappa shape index (κ1) is 12.7. The summed E-state index contributed by atoms with van der Waals surface area (Å²) in [6, 6.07) is 8.49. The van der Waals surface area contributed by atoms with Crippen molar-refractivity contribution in [3.8, 4) is 0 Å². The fourth-order valence-electron chi connectivity index (χ4n) is 1.71. The van der Waals surface area contributed by atoms with Gasteiger partial charge in [-0.15, -0.1) is 0 Å². The number of hydrogen-bond donors (Lipinski definition) is 2. The highest BCUT2D eigenvalue weighted by Gasteiger charge is 2.07. The third-order valence-corrected chi connectivity index (χ3v) is 3.06. The van der Waals surface area contributed by atoms with Gasteiger partial charge in [0.25, 0.3) is 0 Å². The van der Waals surface area contributed by atoms with Crippen LogP contribution in [0.3, 0.4) is 0 Å². The summed E-state index contributed by atoms with van der Waals surface area (Å²) >= 11 is 5.96. The number of nitrogens with one attached hydrogen (secondary N) is 1. The minimum Gasteiger partial charge on any atom is -0.398 e. The second-order valence-electron chi connectivity index (χ2n) is 4.30. The third-order valence-electron chi connectivity index (χ3n) is 2.74. The lowest BCUT2D eigenvalue weighted by atomic mass is 10.1. The average Bonchev–Trinajstić information content (AvgIpc) is 2.29. The highest BCUT2D eigenvalue weighted by atomic mass is 35.5. The van der Waals surface area contributed by atoms with Crippen molar-refractivity contribution < 1.29 is 4.39 Å². The Morgan fingerprint density at radius 2 is 1.83 bits per heavy atom. The number of nitrogens with two attached hydrogens (primary N) is 1. The van der Waals surface area contributed by atoms with Crippen molar-refractivity contribution in [2.75, 3.05) is 11.1 Å². The van der Waals surface area contributed by atoms with Gasteiger partial charge in [-0.2, -0.15) is 0 Å². The second-order valence-corrected chi connectivity index (χ2v) is 4.70. The predicted octanol–water partition coefficient (Wildman–Crippen LogP) is 4.42. The molecule has 4 heteroatoms. The molecule has 94 valence electrons. The average molecular weight is 265 g/mol. The summed E-state index contributed by atoms with van der Waals surface area (Å²) in [6.07, 6.45) is 0. The molecule has 2 nitrogen and oxygen atoms in total. The Balaban J connectivity index is 2.37. The molecule has 0 saturated carbocycles. The van der Waals surface area contributed by atoms with Crippen molar-refractivity contribution in [1.82, 2.24) is 0 Å². The van der Waals surface area contributed by atoms with Gasteiger partial charge in [0.1, 0.15) is 5.82 Å². The highest BCUT2D eigenvalue weighted by molar-refractivity contribution is 6.33. The number of nitrogen functional groups attached to an aromatic ring is 1. The van der Waals surface area contributed by atoms with E-state index in [0.29, 0.717) is 16.4 Å². The molecular formula is C14H14ClFN2. The molecule has 3 N–H and O–H groups in total. The Labute approximate surface area is 111 Å². The molecule has 0 aromatic heterocycles. The molecule has 0 bridgehead atoms. The van der Waals surface area contributed by atoms with Crippen molar-refractivity contribution in [2.45, 2.75) is 13.8 Å². The van der Waals surface area contributed by atoms with Crippen LogP contribution in [0.4, 0.5) is 21.5 Å². The number of aryl methyl sites for hydroxylation is 2. The van der Waals surface area contributed by atoms with Crippen molar-refractivity contribution in [1.29, 1.82) is 0 Å². The molecule has 0 saturated heterocycles. The third kappa shape index (κ3) is 2.57. The van der Waals surface area contributed by atoms with Crippen LogP contribution >= 0.6 is 11.6 Å². The van der Waals surface area contributed by atoms with Gasteiger partial charge in [-0.1, -0.05) is 17.7 Å². The van der Waals surface area contributed by atoms with E-state index in [1.807, 2.05) is 19.9 Å². The van der Waals surface area contributed by atoms with Gasteiger partial charge in [-0.05, 0) is 49.2 Å². The van der Waals surface area contributed by atoms with Crippen LogP contribution in [0.5, 0.6) is 0 Å². The van der Waals surface area contributed by atoms with Gasteiger partial charge in [0.15, 0.2) is 0 Å². The Kier molecular flexibility index (Phi) is 3.43. The van der Waals surface area contributed by atoms with Gasteiger partial charge in [0.05, 0.1) is 16.4 Å². The number of rotatable bonds is 2. The standard InChI is InChI=1S/C14H14ClFN2/c1-8-3-4-13(11(16)5-8)18-14-7-10(15)12(17)6-9(14)2/h3-7,18H,17H2,1-2H3. The topological polar surface area (TPSA) is 38.0 Å². The lowest BCUT2D eigenvalue weighted by molar-refractivity contribution is 0.630. The Bertz CT molecular complexity index is 597. The van der Waals surface area contributed by atoms with E-state index in [2.05, 4.69) is 5.32 Å². The molecule has 0 aliphatic carbocycles. The largest absolute Gasteiger partial charge is 0.398 e. The molecule has 0 unspecified atom stereocenters. The highest BCUT2D eigenvalue weighted by Crippen LogP contribution is 2.29. The van der Waals surface area contributed by atoms with Crippen LogP contribution in [0.15, 0.2) is 30.3 Å². The minimum absolute atomic E-state index is 0.289. The van der Waals surface area contributed by atoms with Crippen LogP contribution in [0.2, 0.25) is 5.02 Å². The van der Waals surface area contributed by atoms with Gasteiger partial charge in [0.2, 0.25) is 0 Å². The fourth-order valence-corrected chi connectivity index (χ4v) is 1.87. The number of halogens is 2. The molecule has 2 aromatic carbocycles. The van der Waals surface area contributed by atoms with Crippen molar-refractivity contribution >= 4 is 28.7 Å². The maximum absolute atomic E-state index is 13.7. The summed E-state index contributed by atoms with van der Waals surface area (Å²) in [5.74, 6) is -0.289. The summed E-state index contributed by atoms with van der Waals surface area (Å²) < 4.78 is 13.7. The van der Waals surface area contributed by atoms with Gasteiger partial charge >= 0.3 is 0 Å². The fraction of sp³-hybridized carbons (Fsp3) is 0.143. The van der Waals surface area contributed by atoms with E-state index in [9.17, 15) is 4.39 Å². The van der Waals surface area contributed by atoms with Gasteiger partial charge in [-0.25, -0.2) is 4.39 Å². The first-order chi connectivity index (χ1) is 8.47. The quantitative estimate of drug-likeness (QED) is 0.788. The van der Waals surface area contributed by atoms with Crippen LogP contribution in [0, 0.1) is 19.7 Å².